The van der Waals surface area contributed by atoms with Crippen LogP contribution in [0.2, 0.25) is 0 Å². The fourth-order valence-corrected chi connectivity index (χ4v) is 1.72. The molecule has 0 radical (unpaired) electrons. The first-order chi connectivity index (χ1) is 4.43. The van der Waals surface area contributed by atoms with Crippen molar-refractivity contribution in [3.05, 3.63) is 0 Å². The van der Waals surface area contributed by atoms with Gasteiger partial charge in [0.1, 0.15) is 0 Å². The van der Waals surface area contributed by atoms with Gasteiger partial charge in [-0.15, -0.1) is 0 Å². The first-order valence-corrected chi connectivity index (χ1v) is 4.38. The Kier molecular flexibility index (Phi) is 3.44. The number of hydrogen-bond acceptors (Lipinski definition) is 2. The minimum Gasteiger partial charge on any atom is -0.316 e. The summed E-state index contributed by atoms with van der Waals surface area (Å²) in [5, 5.41) is 3.39. The lowest BCUT2D eigenvalue weighted by atomic mass is 9.97. The first kappa shape index (κ1) is 7.42. The second kappa shape index (κ2) is 4.18. The average molecular weight is 145 g/mol. The molecule has 0 saturated carbocycles. The smallest absolute Gasteiger partial charge is 0.00202 e. The number of rotatable bonds is 2. The van der Waals surface area contributed by atoms with E-state index in [-0.39, 0.29) is 0 Å². The van der Waals surface area contributed by atoms with Gasteiger partial charge in [0.05, 0.1) is 0 Å². The van der Waals surface area contributed by atoms with E-state index in [4.69, 9.17) is 0 Å². The Morgan fingerprint density at radius 2 is 2.44 bits per heavy atom. The Hall–Kier alpha value is 0.310. The molecule has 1 atom stereocenters. The Bertz CT molecular complexity index is 66.6. The van der Waals surface area contributed by atoms with Crippen molar-refractivity contribution in [1.29, 1.82) is 0 Å². The second-order valence-electron chi connectivity index (χ2n) is 2.72. The Balaban J connectivity index is 2.08. The van der Waals surface area contributed by atoms with Crippen molar-refractivity contribution >= 4 is 12.6 Å². The summed E-state index contributed by atoms with van der Waals surface area (Å²) < 4.78 is 0. The van der Waals surface area contributed by atoms with Crippen molar-refractivity contribution in [3.63, 3.8) is 0 Å². The molecule has 0 unspecified atom stereocenters. The van der Waals surface area contributed by atoms with Gasteiger partial charge < -0.3 is 5.32 Å². The summed E-state index contributed by atoms with van der Waals surface area (Å²) in [4.78, 5) is 0. The zero-order valence-electron chi connectivity index (χ0n) is 5.77. The van der Waals surface area contributed by atoms with Crippen molar-refractivity contribution in [2.24, 2.45) is 5.92 Å². The van der Waals surface area contributed by atoms with Crippen molar-refractivity contribution in [1.82, 2.24) is 5.32 Å². The van der Waals surface area contributed by atoms with Crippen LogP contribution >= 0.6 is 12.6 Å². The summed E-state index contributed by atoms with van der Waals surface area (Å²) in [7, 11) is 0. The highest BCUT2D eigenvalue weighted by Gasteiger charge is 2.10. The van der Waals surface area contributed by atoms with Gasteiger partial charge in [-0.25, -0.2) is 0 Å². The van der Waals surface area contributed by atoms with Crippen molar-refractivity contribution in [2.75, 3.05) is 18.8 Å². The standard InChI is InChI=1S/C7H15NS/c9-5-3-7-2-1-4-8-6-7/h7-9H,1-6H2/t7-/m0/s1. The zero-order chi connectivity index (χ0) is 6.53. The summed E-state index contributed by atoms with van der Waals surface area (Å²) in [6.45, 7) is 2.45. The first-order valence-electron chi connectivity index (χ1n) is 3.75. The van der Waals surface area contributed by atoms with E-state index in [0.29, 0.717) is 0 Å². The summed E-state index contributed by atoms with van der Waals surface area (Å²) in [6, 6.07) is 0. The van der Waals surface area contributed by atoms with Crippen molar-refractivity contribution in [3.8, 4) is 0 Å². The Labute approximate surface area is 62.6 Å². The van der Waals surface area contributed by atoms with Crippen LogP contribution in [0.4, 0.5) is 0 Å². The monoisotopic (exact) mass is 145 g/mol. The van der Waals surface area contributed by atoms with Gasteiger partial charge in [0.15, 0.2) is 0 Å². The molecule has 0 spiro atoms. The van der Waals surface area contributed by atoms with Gasteiger partial charge in [-0.1, -0.05) is 0 Å². The van der Waals surface area contributed by atoms with Gasteiger partial charge in [0.2, 0.25) is 0 Å². The number of hydrogen-bond donors (Lipinski definition) is 2. The van der Waals surface area contributed by atoms with E-state index in [0.717, 1.165) is 11.7 Å². The minimum atomic E-state index is 0.913. The molecule has 0 aromatic rings. The van der Waals surface area contributed by atoms with E-state index in [1.54, 1.807) is 0 Å². The lowest BCUT2D eigenvalue weighted by molar-refractivity contribution is 0.371. The molecule has 1 N–H and O–H groups in total. The number of nitrogens with one attached hydrogen (secondary N) is 1. The lowest BCUT2D eigenvalue weighted by Crippen LogP contribution is -2.29. The van der Waals surface area contributed by atoms with E-state index in [2.05, 4.69) is 17.9 Å². The molecule has 2 heteroatoms. The van der Waals surface area contributed by atoms with Crippen LogP contribution < -0.4 is 5.32 Å². The number of piperidine rings is 1. The topological polar surface area (TPSA) is 12.0 Å². The zero-order valence-corrected chi connectivity index (χ0v) is 6.66. The molecule has 54 valence electrons. The maximum absolute atomic E-state index is 4.20. The summed E-state index contributed by atoms with van der Waals surface area (Å²) in [6.07, 6.45) is 4.06. The van der Waals surface area contributed by atoms with Crippen molar-refractivity contribution in [2.45, 2.75) is 19.3 Å². The van der Waals surface area contributed by atoms with Crippen LogP contribution in [0.1, 0.15) is 19.3 Å². The van der Waals surface area contributed by atoms with Crippen LogP contribution in [-0.4, -0.2) is 18.8 Å². The molecule has 0 aromatic carbocycles. The third-order valence-electron chi connectivity index (χ3n) is 1.94. The molecule has 1 nitrogen and oxygen atoms in total. The van der Waals surface area contributed by atoms with Gasteiger partial charge in [0, 0.05) is 0 Å². The van der Waals surface area contributed by atoms with E-state index < -0.39 is 0 Å². The fraction of sp³-hybridized carbons (Fsp3) is 1.00. The molecule has 1 heterocycles. The van der Waals surface area contributed by atoms with Crippen LogP contribution in [0.3, 0.4) is 0 Å². The Morgan fingerprint density at radius 3 is 3.00 bits per heavy atom. The molecule has 1 rings (SSSR count). The van der Waals surface area contributed by atoms with Gasteiger partial charge >= 0.3 is 0 Å². The molecule has 0 aromatic heterocycles. The maximum atomic E-state index is 4.20. The number of thiol groups is 1. The highest BCUT2D eigenvalue weighted by molar-refractivity contribution is 7.80. The van der Waals surface area contributed by atoms with E-state index >= 15 is 0 Å². The van der Waals surface area contributed by atoms with Crippen LogP contribution in [0.15, 0.2) is 0 Å². The van der Waals surface area contributed by atoms with Crippen LogP contribution in [0, 0.1) is 5.92 Å². The average Bonchev–Trinajstić information content (AvgIpc) is 1.91. The molecule has 1 saturated heterocycles. The summed E-state index contributed by atoms with van der Waals surface area (Å²) >= 11 is 4.20. The van der Waals surface area contributed by atoms with Gasteiger partial charge in [-0.2, -0.15) is 12.6 Å². The lowest BCUT2D eigenvalue weighted by Gasteiger charge is -2.21. The molecule has 1 aliphatic heterocycles. The molecule has 1 aliphatic rings. The maximum Gasteiger partial charge on any atom is -0.00202 e. The van der Waals surface area contributed by atoms with Crippen LogP contribution in [0.5, 0.6) is 0 Å². The highest BCUT2D eigenvalue weighted by atomic mass is 32.1. The van der Waals surface area contributed by atoms with Crippen LogP contribution in [-0.2, 0) is 0 Å². The molecule has 1 fully saturated rings. The quantitative estimate of drug-likeness (QED) is 0.558. The third kappa shape index (κ3) is 2.59. The molecule has 0 aliphatic carbocycles. The van der Waals surface area contributed by atoms with E-state index in [1.165, 1.54) is 32.4 Å². The van der Waals surface area contributed by atoms with Gasteiger partial charge in [-0.05, 0) is 44.0 Å². The van der Waals surface area contributed by atoms with E-state index in [1.807, 2.05) is 0 Å². The van der Waals surface area contributed by atoms with Crippen LogP contribution in [0.25, 0.3) is 0 Å². The normalized spacial score (nSPS) is 28.3. The summed E-state index contributed by atoms with van der Waals surface area (Å²) in [5.41, 5.74) is 0. The molecule has 0 bridgehead atoms. The molecular formula is C7H15NS. The summed E-state index contributed by atoms with van der Waals surface area (Å²) in [5.74, 6) is 1.96. The predicted molar refractivity (Wildman–Crippen MR) is 44.1 cm³/mol. The molecule has 0 amide bonds. The predicted octanol–water partition coefficient (Wildman–Crippen LogP) is 1.31. The van der Waals surface area contributed by atoms with Crippen molar-refractivity contribution < 1.29 is 0 Å². The molecule has 9 heavy (non-hydrogen) atoms. The highest BCUT2D eigenvalue weighted by Crippen LogP contribution is 2.13. The Morgan fingerprint density at radius 1 is 1.56 bits per heavy atom. The fourth-order valence-electron chi connectivity index (χ4n) is 1.35. The molecular weight excluding hydrogens is 130 g/mol. The van der Waals surface area contributed by atoms with Gasteiger partial charge in [-0.3, -0.25) is 0 Å². The second-order valence-corrected chi connectivity index (χ2v) is 3.17. The SMILES string of the molecule is SCC[C@@H]1CCCNC1. The minimum absolute atomic E-state index is 0.913. The largest absolute Gasteiger partial charge is 0.316 e. The van der Waals surface area contributed by atoms with Gasteiger partial charge in [0.25, 0.3) is 0 Å². The van der Waals surface area contributed by atoms with E-state index in [9.17, 15) is 0 Å². The third-order valence-corrected chi connectivity index (χ3v) is 2.19.